The second-order valence-corrected chi connectivity index (χ2v) is 3.56. The average Bonchev–Trinajstić information content (AvgIpc) is 2.08. The molecule has 0 bridgehead atoms. The molecule has 0 aromatic heterocycles. The van der Waals surface area contributed by atoms with Crippen LogP contribution in [-0.2, 0) is 9.53 Å². The second kappa shape index (κ2) is 2.19. The SMILES string of the molecule is CC1(C)CC(O)(C(=O)O)CO1. The van der Waals surface area contributed by atoms with Crippen LogP contribution in [0.5, 0.6) is 0 Å². The minimum absolute atomic E-state index is 0.116. The van der Waals surface area contributed by atoms with Crippen molar-refractivity contribution in [3.05, 3.63) is 0 Å². The van der Waals surface area contributed by atoms with E-state index in [0.29, 0.717) is 0 Å². The predicted octanol–water partition coefficient (Wildman–Crippen LogP) is 0.00100. The van der Waals surface area contributed by atoms with E-state index in [0.717, 1.165) is 0 Å². The first kappa shape index (κ1) is 8.49. The minimum Gasteiger partial charge on any atom is -0.479 e. The van der Waals surface area contributed by atoms with Crippen molar-refractivity contribution in [2.45, 2.75) is 31.5 Å². The van der Waals surface area contributed by atoms with Crippen molar-refractivity contribution in [2.75, 3.05) is 6.61 Å². The largest absolute Gasteiger partial charge is 0.479 e. The highest BCUT2D eigenvalue weighted by molar-refractivity contribution is 5.77. The Morgan fingerprint density at radius 2 is 2.09 bits per heavy atom. The standard InChI is InChI=1S/C7H12O4/c1-6(2)3-7(10,4-11-6)5(8)9/h10H,3-4H2,1-2H3,(H,8,9). The fraction of sp³-hybridized carbons (Fsp3) is 0.857. The number of carbonyl (C=O) groups is 1. The normalized spacial score (nSPS) is 35.5. The molecule has 0 amide bonds. The molecule has 2 N–H and O–H groups in total. The Labute approximate surface area is 64.8 Å². The molecule has 4 nitrogen and oxygen atoms in total. The Morgan fingerprint density at radius 3 is 2.27 bits per heavy atom. The first-order valence-corrected chi connectivity index (χ1v) is 3.45. The summed E-state index contributed by atoms with van der Waals surface area (Å²) < 4.78 is 5.09. The number of ether oxygens (including phenoxy) is 1. The highest BCUT2D eigenvalue weighted by atomic mass is 16.5. The van der Waals surface area contributed by atoms with Crippen LogP contribution < -0.4 is 0 Å². The maximum absolute atomic E-state index is 10.5. The van der Waals surface area contributed by atoms with E-state index in [1.165, 1.54) is 0 Å². The van der Waals surface area contributed by atoms with Crippen molar-refractivity contribution in [3.63, 3.8) is 0 Å². The predicted molar refractivity (Wildman–Crippen MR) is 37.2 cm³/mol. The molecule has 11 heavy (non-hydrogen) atoms. The van der Waals surface area contributed by atoms with Crippen molar-refractivity contribution in [1.29, 1.82) is 0 Å². The van der Waals surface area contributed by atoms with Crippen LogP contribution in [-0.4, -0.2) is 34.0 Å². The van der Waals surface area contributed by atoms with Gasteiger partial charge in [0.15, 0.2) is 5.60 Å². The van der Waals surface area contributed by atoms with Gasteiger partial charge >= 0.3 is 5.97 Å². The summed E-state index contributed by atoms with van der Waals surface area (Å²) in [6.45, 7) is 3.40. The van der Waals surface area contributed by atoms with Gasteiger partial charge in [-0.25, -0.2) is 4.79 Å². The van der Waals surface area contributed by atoms with Crippen LogP contribution in [0.3, 0.4) is 0 Å². The van der Waals surface area contributed by atoms with Gasteiger partial charge in [0.25, 0.3) is 0 Å². The summed E-state index contributed by atoms with van der Waals surface area (Å²) in [5.74, 6) is -1.21. The molecular weight excluding hydrogens is 148 g/mol. The van der Waals surface area contributed by atoms with Crippen molar-refractivity contribution < 1.29 is 19.7 Å². The number of hydrogen-bond acceptors (Lipinski definition) is 3. The third-order valence-electron chi connectivity index (χ3n) is 1.82. The van der Waals surface area contributed by atoms with E-state index in [9.17, 15) is 9.90 Å². The molecule has 0 aliphatic carbocycles. The van der Waals surface area contributed by atoms with E-state index in [4.69, 9.17) is 9.84 Å². The third-order valence-corrected chi connectivity index (χ3v) is 1.82. The van der Waals surface area contributed by atoms with Gasteiger partial charge in [0, 0.05) is 6.42 Å². The smallest absolute Gasteiger partial charge is 0.338 e. The van der Waals surface area contributed by atoms with Gasteiger partial charge in [-0.1, -0.05) is 0 Å². The molecule has 1 aliphatic rings. The number of aliphatic hydroxyl groups is 1. The molecule has 0 aromatic carbocycles. The van der Waals surface area contributed by atoms with Crippen LogP contribution in [0.15, 0.2) is 0 Å². The van der Waals surface area contributed by atoms with E-state index in [1.54, 1.807) is 13.8 Å². The highest BCUT2D eigenvalue weighted by Gasteiger charge is 2.48. The van der Waals surface area contributed by atoms with E-state index >= 15 is 0 Å². The molecule has 0 saturated carbocycles. The molecule has 1 fully saturated rings. The van der Waals surface area contributed by atoms with Crippen LogP contribution in [0.4, 0.5) is 0 Å². The van der Waals surface area contributed by atoms with E-state index in [-0.39, 0.29) is 13.0 Å². The molecule has 64 valence electrons. The zero-order chi connectivity index (χ0) is 8.70. The minimum atomic E-state index is -1.68. The van der Waals surface area contributed by atoms with Gasteiger partial charge in [0.2, 0.25) is 0 Å². The number of carboxylic acids is 1. The topological polar surface area (TPSA) is 66.8 Å². The highest BCUT2D eigenvalue weighted by Crippen LogP contribution is 2.32. The van der Waals surface area contributed by atoms with Crippen molar-refractivity contribution in [3.8, 4) is 0 Å². The number of hydrogen-bond donors (Lipinski definition) is 2. The second-order valence-electron chi connectivity index (χ2n) is 3.56. The molecule has 0 aromatic rings. The van der Waals surface area contributed by atoms with Crippen molar-refractivity contribution in [2.24, 2.45) is 0 Å². The first-order chi connectivity index (χ1) is 4.86. The van der Waals surface area contributed by atoms with Crippen LogP contribution in [0.1, 0.15) is 20.3 Å². The molecule has 1 unspecified atom stereocenters. The van der Waals surface area contributed by atoms with Gasteiger partial charge in [-0.05, 0) is 13.8 Å². The Balaban J connectivity index is 2.73. The van der Waals surface area contributed by atoms with Crippen LogP contribution >= 0.6 is 0 Å². The van der Waals surface area contributed by atoms with E-state index in [1.807, 2.05) is 0 Å². The Hall–Kier alpha value is -0.610. The number of aliphatic carboxylic acids is 1. The lowest BCUT2D eigenvalue weighted by Gasteiger charge is -2.17. The maximum atomic E-state index is 10.5. The fourth-order valence-corrected chi connectivity index (χ4v) is 1.26. The van der Waals surface area contributed by atoms with E-state index < -0.39 is 17.2 Å². The Morgan fingerprint density at radius 1 is 1.55 bits per heavy atom. The molecule has 0 radical (unpaired) electrons. The molecule has 4 heteroatoms. The van der Waals surface area contributed by atoms with Gasteiger partial charge in [-0.15, -0.1) is 0 Å². The molecule has 1 heterocycles. The lowest BCUT2D eigenvalue weighted by molar-refractivity contribution is -0.158. The fourth-order valence-electron chi connectivity index (χ4n) is 1.26. The Bertz CT molecular complexity index is 187. The van der Waals surface area contributed by atoms with Crippen LogP contribution in [0.2, 0.25) is 0 Å². The first-order valence-electron chi connectivity index (χ1n) is 3.45. The molecule has 1 saturated heterocycles. The zero-order valence-corrected chi connectivity index (χ0v) is 6.63. The van der Waals surface area contributed by atoms with Gasteiger partial charge in [-0.2, -0.15) is 0 Å². The molecule has 1 atom stereocenters. The van der Waals surface area contributed by atoms with Gasteiger partial charge in [0.1, 0.15) is 0 Å². The van der Waals surface area contributed by atoms with Crippen LogP contribution in [0, 0.1) is 0 Å². The molecular formula is C7H12O4. The molecule has 1 rings (SSSR count). The lowest BCUT2D eigenvalue weighted by atomic mass is 9.94. The summed E-state index contributed by atoms with van der Waals surface area (Å²) in [6.07, 6.45) is 0.148. The zero-order valence-electron chi connectivity index (χ0n) is 6.63. The van der Waals surface area contributed by atoms with Gasteiger partial charge in [0.05, 0.1) is 12.2 Å². The van der Waals surface area contributed by atoms with Gasteiger partial charge < -0.3 is 14.9 Å². The third kappa shape index (κ3) is 1.52. The number of carboxylic acid groups (broad SMARTS) is 1. The van der Waals surface area contributed by atoms with Gasteiger partial charge in [-0.3, -0.25) is 0 Å². The summed E-state index contributed by atoms with van der Waals surface area (Å²) >= 11 is 0. The summed E-state index contributed by atoms with van der Waals surface area (Å²) in [5, 5.41) is 18.0. The van der Waals surface area contributed by atoms with Crippen LogP contribution in [0.25, 0.3) is 0 Å². The number of rotatable bonds is 1. The molecule has 1 aliphatic heterocycles. The lowest BCUT2D eigenvalue weighted by Crippen LogP contribution is -2.39. The summed E-state index contributed by atoms with van der Waals surface area (Å²) in [4.78, 5) is 10.5. The molecule has 0 spiro atoms. The monoisotopic (exact) mass is 160 g/mol. The summed E-state index contributed by atoms with van der Waals surface area (Å²) in [6, 6.07) is 0. The maximum Gasteiger partial charge on any atom is 0.338 e. The summed E-state index contributed by atoms with van der Waals surface area (Å²) in [7, 11) is 0. The summed E-state index contributed by atoms with van der Waals surface area (Å²) in [5.41, 5.74) is -2.20. The van der Waals surface area contributed by atoms with Crippen molar-refractivity contribution >= 4 is 5.97 Å². The Kier molecular flexibility index (Phi) is 1.69. The quantitative estimate of drug-likeness (QED) is 0.566. The van der Waals surface area contributed by atoms with Crippen molar-refractivity contribution in [1.82, 2.24) is 0 Å². The van der Waals surface area contributed by atoms with E-state index in [2.05, 4.69) is 0 Å². The average molecular weight is 160 g/mol.